The molecule has 1 unspecified atom stereocenters. The summed E-state index contributed by atoms with van der Waals surface area (Å²) in [5.41, 5.74) is 6.98. The normalized spacial score (nSPS) is 20.7. The minimum Gasteiger partial charge on any atom is -0.398 e. The Morgan fingerprint density at radius 2 is 2.33 bits per heavy atom. The molecule has 1 aliphatic heterocycles. The quantitative estimate of drug-likeness (QED) is 0.820. The number of nitrogens with two attached hydrogens (primary N) is 1. The van der Waals surface area contributed by atoms with Crippen LogP contribution in [0.3, 0.4) is 0 Å². The van der Waals surface area contributed by atoms with E-state index in [9.17, 15) is 4.79 Å². The Morgan fingerprint density at radius 3 is 3.00 bits per heavy atom. The summed E-state index contributed by atoms with van der Waals surface area (Å²) in [6.45, 7) is 2.02. The number of carbonyl (C=O) groups excluding carboxylic acids is 1. The maximum absolute atomic E-state index is 12.1. The molecule has 1 amide bonds. The van der Waals surface area contributed by atoms with Crippen LogP contribution in [0.1, 0.15) is 23.2 Å². The number of rotatable bonds is 2. The first-order valence-corrected chi connectivity index (χ1v) is 6.90. The maximum Gasteiger partial charge on any atom is 0.251 e. The monoisotopic (exact) mass is 311 g/mol. The molecule has 1 saturated heterocycles. The Kier molecular flexibility index (Phi) is 4.24. The maximum atomic E-state index is 12.1. The fraction of sp³-hybridized carbons (Fsp3) is 0.462. The minimum atomic E-state index is -0.0468. The highest BCUT2D eigenvalue weighted by atomic mass is 79.9. The van der Waals surface area contributed by atoms with Crippen molar-refractivity contribution in [1.29, 1.82) is 0 Å². The van der Waals surface area contributed by atoms with Gasteiger partial charge in [0.1, 0.15) is 0 Å². The van der Waals surface area contributed by atoms with E-state index in [0.29, 0.717) is 11.3 Å². The Balaban J connectivity index is 2.00. The number of carbonyl (C=O) groups is 1. The zero-order valence-electron chi connectivity index (χ0n) is 10.4. The molecule has 1 atom stereocenters. The van der Waals surface area contributed by atoms with Gasteiger partial charge in [-0.05, 0) is 60.6 Å². The van der Waals surface area contributed by atoms with Crippen molar-refractivity contribution in [3.63, 3.8) is 0 Å². The minimum absolute atomic E-state index is 0.0468. The predicted octanol–water partition coefficient (Wildman–Crippen LogP) is 1.86. The molecule has 0 saturated carbocycles. The predicted molar refractivity (Wildman–Crippen MR) is 76.5 cm³/mol. The Labute approximate surface area is 116 Å². The fourth-order valence-corrected chi connectivity index (χ4v) is 2.48. The summed E-state index contributed by atoms with van der Waals surface area (Å²) in [6.07, 6.45) is 2.17. The highest BCUT2D eigenvalue weighted by Crippen LogP contribution is 2.20. The number of hydrogen-bond donors (Lipinski definition) is 2. The van der Waals surface area contributed by atoms with Crippen LogP contribution < -0.4 is 11.1 Å². The van der Waals surface area contributed by atoms with Gasteiger partial charge in [0.15, 0.2) is 0 Å². The van der Waals surface area contributed by atoms with Crippen molar-refractivity contribution in [2.24, 2.45) is 0 Å². The number of nitrogens with zero attached hydrogens (tertiary/aromatic N) is 1. The van der Waals surface area contributed by atoms with Crippen molar-refractivity contribution >= 4 is 27.5 Å². The lowest BCUT2D eigenvalue weighted by Crippen LogP contribution is -2.46. The van der Waals surface area contributed by atoms with Gasteiger partial charge in [0.05, 0.1) is 0 Å². The van der Waals surface area contributed by atoms with Gasteiger partial charge >= 0.3 is 0 Å². The van der Waals surface area contributed by atoms with Gasteiger partial charge < -0.3 is 16.0 Å². The number of likely N-dealkylation sites (tertiary alicyclic amines) is 1. The number of likely N-dealkylation sites (N-methyl/N-ethyl adjacent to an activating group) is 1. The average Bonchev–Trinajstić information content (AvgIpc) is 2.32. The van der Waals surface area contributed by atoms with E-state index in [4.69, 9.17) is 5.73 Å². The van der Waals surface area contributed by atoms with Crippen molar-refractivity contribution in [3.05, 3.63) is 28.2 Å². The molecule has 1 fully saturated rings. The van der Waals surface area contributed by atoms with E-state index in [-0.39, 0.29) is 11.9 Å². The number of piperidine rings is 1. The smallest absolute Gasteiger partial charge is 0.251 e. The second-order valence-electron chi connectivity index (χ2n) is 4.81. The summed E-state index contributed by atoms with van der Waals surface area (Å²) in [5, 5.41) is 3.06. The van der Waals surface area contributed by atoms with Crippen LogP contribution in [0.15, 0.2) is 22.7 Å². The third kappa shape index (κ3) is 3.23. The van der Waals surface area contributed by atoms with Crippen LogP contribution in [0.25, 0.3) is 0 Å². The molecule has 4 nitrogen and oxygen atoms in total. The van der Waals surface area contributed by atoms with Gasteiger partial charge in [-0.2, -0.15) is 0 Å². The Hall–Kier alpha value is -1.07. The summed E-state index contributed by atoms with van der Waals surface area (Å²) in [6, 6.07) is 5.52. The molecule has 1 aromatic rings. The molecular formula is C13H18BrN3O. The summed E-state index contributed by atoms with van der Waals surface area (Å²) in [5.74, 6) is -0.0468. The van der Waals surface area contributed by atoms with Crippen molar-refractivity contribution < 1.29 is 4.79 Å². The lowest BCUT2D eigenvalue weighted by molar-refractivity contribution is 0.0912. The van der Waals surface area contributed by atoms with E-state index in [1.54, 1.807) is 18.2 Å². The summed E-state index contributed by atoms with van der Waals surface area (Å²) in [4.78, 5) is 14.3. The zero-order valence-corrected chi connectivity index (χ0v) is 12.0. The van der Waals surface area contributed by atoms with Gasteiger partial charge in [0.25, 0.3) is 5.91 Å². The Morgan fingerprint density at radius 1 is 1.56 bits per heavy atom. The SMILES string of the molecule is CN1CCCC(NC(=O)c2ccc(Br)c(N)c2)C1. The van der Waals surface area contributed by atoms with E-state index in [1.165, 1.54) is 0 Å². The molecule has 1 aliphatic rings. The van der Waals surface area contributed by atoms with Gasteiger partial charge in [-0.25, -0.2) is 0 Å². The van der Waals surface area contributed by atoms with Crippen LogP contribution in [0.5, 0.6) is 0 Å². The average molecular weight is 312 g/mol. The van der Waals surface area contributed by atoms with Crippen LogP contribution in [0.2, 0.25) is 0 Å². The van der Waals surface area contributed by atoms with Crippen molar-refractivity contribution in [3.8, 4) is 0 Å². The molecule has 2 rings (SSSR count). The lowest BCUT2D eigenvalue weighted by atomic mass is 10.1. The highest BCUT2D eigenvalue weighted by molar-refractivity contribution is 9.10. The molecule has 0 radical (unpaired) electrons. The van der Waals surface area contributed by atoms with E-state index < -0.39 is 0 Å². The number of hydrogen-bond acceptors (Lipinski definition) is 3. The van der Waals surface area contributed by atoms with Crippen molar-refractivity contribution in [1.82, 2.24) is 10.2 Å². The third-order valence-electron chi connectivity index (χ3n) is 3.22. The molecule has 5 heteroatoms. The molecule has 0 aromatic heterocycles. The van der Waals surface area contributed by atoms with Crippen molar-refractivity contribution in [2.45, 2.75) is 18.9 Å². The van der Waals surface area contributed by atoms with E-state index in [0.717, 1.165) is 30.4 Å². The van der Waals surface area contributed by atoms with Crippen LogP contribution in [-0.2, 0) is 0 Å². The van der Waals surface area contributed by atoms with Gasteiger partial charge in [-0.1, -0.05) is 0 Å². The molecular weight excluding hydrogens is 294 g/mol. The van der Waals surface area contributed by atoms with Crippen LogP contribution in [0.4, 0.5) is 5.69 Å². The molecule has 0 bridgehead atoms. The topological polar surface area (TPSA) is 58.4 Å². The molecule has 3 N–H and O–H groups in total. The van der Waals surface area contributed by atoms with E-state index in [1.807, 2.05) is 0 Å². The number of amides is 1. The van der Waals surface area contributed by atoms with Gasteiger partial charge in [0, 0.05) is 28.3 Å². The van der Waals surface area contributed by atoms with E-state index in [2.05, 4.69) is 33.2 Å². The summed E-state index contributed by atoms with van der Waals surface area (Å²) < 4.78 is 0.816. The fourth-order valence-electron chi connectivity index (χ4n) is 2.24. The first-order chi connectivity index (χ1) is 8.56. The molecule has 0 spiro atoms. The van der Waals surface area contributed by atoms with Gasteiger partial charge in [0.2, 0.25) is 0 Å². The summed E-state index contributed by atoms with van der Waals surface area (Å²) >= 11 is 3.32. The Bertz CT molecular complexity index is 450. The van der Waals surface area contributed by atoms with Crippen LogP contribution >= 0.6 is 15.9 Å². The van der Waals surface area contributed by atoms with Crippen LogP contribution in [-0.4, -0.2) is 37.0 Å². The number of anilines is 1. The highest BCUT2D eigenvalue weighted by Gasteiger charge is 2.19. The van der Waals surface area contributed by atoms with E-state index >= 15 is 0 Å². The number of halogens is 1. The van der Waals surface area contributed by atoms with Gasteiger partial charge in [-0.3, -0.25) is 4.79 Å². The second-order valence-corrected chi connectivity index (χ2v) is 5.67. The molecule has 1 heterocycles. The lowest BCUT2D eigenvalue weighted by Gasteiger charge is -2.30. The first-order valence-electron chi connectivity index (χ1n) is 6.10. The second kappa shape index (κ2) is 5.71. The standard InChI is InChI=1S/C13H18BrN3O/c1-17-6-2-3-10(8-17)16-13(18)9-4-5-11(14)12(15)7-9/h4-5,7,10H,2-3,6,8,15H2,1H3,(H,16,18). The van der Waals surface area contributed by atoms with Gasteiger partial charge in [-0.15, -0.1) is 0 Å². The number of nitrogen functional groups attached to an aromatic ring is 1. The zero-order chi connectivity index (χ0) is 13.1. The molecule has 98 valence electrons. The number of benzene rings is 1. The molecule has 18 heavy (non-hydrogen) atoms. The third-order valence-corrected chi connectivity index (χ3v) is 3.94. The molecule has 1 aromatic carbocycles. The number of nitrogens with one attached hydrogen (secondary N) is 1. The first kappa shape index (κ1) is 13.4. The summed E-state index contributed by atoms with van der Waals surface area (Å²) in [7, 11) is 2.08. The van der Waals surface area contributed by atoms with Crippen molar-refractivity contribution in [2.75, 3.05) is 25.9 Å². The van der Waals surface area contributed by atoms with Crippen LogP contribution in [0, 0.1) is 0 Å². The largest absolute Gasteiger partial charge is 0.398 e. The molecule has 0 aliphatic carbocycles.